The Morgan fingerprint density at radius 1 is 1.21 bits per heavy atom. The van der Waals surface area contributed by atoms with Crippen LogP contribution in [0.2, 0.25) is 0 Å². The summed E-state index contributed by atoms with van der Waals surface area (Å²) in [7, 11) is -3.81. The van der Waals surface area contributed by atoms with E-state index in [2.05, 4.69) is 22.6 Å². The van der Waals surface area contributed by atoms with Crippen LogP contribution in [0.1, 0.15) is 52.4 Å². The van der Waals surface area contributed by atoms with Crippen LogP contribution in [0.5, 0.6) is 0 Å². The fraction of sp³-hybridized carbons (Fsp3) is 0.632. The summed E-state index contributed by atoms with van der Waals surface area (Å²) in [5.41, 5.74) is 0.958. The smallest absolute Gasteiger partial charge is 0.246 e. The first-order chi connectivity index (χ1) is 13.5. The lowest BCUT2D eigenvalue weighted by Crippen LogP contribution is -2.48. The predicted molar refractivity (Wildman–Crippen MR) is 111 cm³/mol. The molecule has 0 N–H and O–H groups in total. The highest BCUT2D eigenvalue weighted by Gasteiger charge is 2.41. The van der Waals surface area contributed by atoms with Gasteiger partial charge in [-0.2, -0.15) is 13.1 Å². The van der Waals surface area contributed by atoms with Gasteiger partial charge in [0.25, 0.3) is 0 Å². The van der Waals surface area contributed by atoms with Gasteiger partial charge >= 0.3 is 0 Å². The molecule has 9 heteroatoms. The third kappa shape index (κ3) is 4.21. The molecule has 1 atom stereocenters. The first kappa shape index (κ1) is 21.1. The minimum absolute atomic E-state index is 0.0634. The average molecular weight is 425 g/mol. The van der Waals surface area contributed by atoms with Crippen molar-refractivity contribution in [3.8, 4) is 0 Å². The van der Waals surface area contributed by atoms with E-state index in [4.69, 9.17) is 0 Å². The van der Waals surface area contributed by atoms with Gasteiger partial charge in [0.15, 0.2) is 0 Å². The van der Waals surface area contributed by atoms with E-state index in [0.29, 0.717) is 43.5 Å². The van der Waals surface area contributed by atoms with Crippen LogP contribution >= 0.6 is 11.7 Å². The van der Waals surface area contributed by atoms with E-state index in [-0.39, 0.29) is 10.8 Å². The van der Waals surface area contributed by atoms with Gasteiger partial charge in [0, 0.05) is 19.6 Å². The lowest BCUT2D eigenvalue weighted by atomic mass is 10.1. The van der Waals surface area contributed by atoms with Gasteiger partial charge in [-0.1, -0.05) is 32.8 Å². The molecule has 0 aliphatic carbocycles. The van der Waals surface area contributed by atoms with Gasteiger partial charge in [0.2, 0.25) is 15.9 Å². The molecule has 0 radical (unpaired) electrons. The Bertz CT molecular complexity index is 905. The van der Waals surface area contributed by atoms with Crippen molar-refractivity contribution >= 4 is 38.7 Å². The normalized spacial score (nSPS) is 18.0. The highest BCUT2D eigenvalue weighted by Crippen LogP contribution is 2.30. The molecule has 28 heavy (non-hydrogen) atoms. The number of hydrogen-bond acceptors (Lipinski definition) is 6. The zero-order chi connectivity index (χ0) is 20.1. The third-order valence-electron chi connectivity index (χ3n) is 5.20. The highest BCUT2D eigenvalue weighted by atomic mass is 32.2. The van der Waals surface area contributed by atoms with E-state index in [0.717, 1.165) is 37.4 Å². The van der Waals surface area contributed by atoms with E-state index in [9.17, 15) is 13.2 Å². The summed E-state index contributed by atoms with van der Waals surface area (Å²) < 4.78 is 36.5. The molecule has 0 bridgehead atoms. The lowest BCUT2D eigenvalue weighted by molar-refractivity contribution is -0.134. The van der Waals surface area contributed by atoms with Crippen molar-refractivity contribution in [3.05, 3.63) is 18.2 Å². The Morgan fingerprint density at radius 2 is 1.93 bits per heavy atom. The summed E-state index contributed by atoms with van der Waals surface area (Å²) >= 11 is 0.998. The fourth-order valence-corrected chi connectivity index (χ4v) is 6.04. The molecule has 2 aromatic rings. The molecule has 3 rings (SSSR count). The Morgan fingerprint density at radius 3 is 2.61 bits per heavy atom. The highest BCUT2D eigenvalue weighted by molar-refractivity contribution is 7.89. The molecule has 1 aromatic carbocycles. The minimum atomic E-state index is -3.81. The molecular weight excluding hydrogens is 396 g/mol. The Hall–Kier alpha value is -1.58. The van der Waals surface area contributed by atoms with E-state index in [1.54, 1.807) is 18.2 Å². The van der Waals surface area contributed by atoms with Gasteiger partial charge in [-0.05, 0) is 37.8 Å². The minimum Gasteiger partial charge on any atom is -0.341 e. The van der Waals surface area contributed by atoms with Crippen molar-refractivity contribution in [2.45, 2.75) is 63.3 Å². The van der Waals surface area contributed by atoms with Gasteiger partial charge < -0.3 is 4.90 Å². The molecular formula is C19H28N4O3S2. The maximum atomic E-state index is 13.4. The summed E-state index contributed by atoms with van der Waals surface area (Å²) in [5.74, 6) is -0.0634. The van der Waals surface area contributed by atoms with Gasteiger partial charge in [0.05, 0.1) is 11.7 Å². The molecule has 1 aromatic heterocycles. The molecule has 1 aliphatic heterocycles. The molecule has 0 spiro atoms. The average Bonchev–Trinajstić information content (AvgIpc) is 3.36. The van der Waals surface area contributed by atoms with Gasteiger partial charge in [-0.25, -0.2) is 8.42 Å². The number of benzene rings is 1. The van der Waals surface area contributed by atoms with Crippen molar-refractivity contribution in [2.75, 3.05) is 19.6 Å². The van der Waals surface area contributed by atoms with Crippen LogP contribution in [-0.2, 0) is 14.8 Å². The van der Waals surface area contributed by atoms with Crippen LogP contribution in [0, 0.1) is 0 Å². The molecule has 0 saturated carbocycles. The van der Waals surface area contributed by atoms with Crippen molar-refractivity contribution < 1.29 is 13.2 Å². The maximum absolute atomic E-state index is 13.4. The second kappa shape index (κ2) is 9.28. The first-order valence-electron chi connectivity index (χ1n) is 10.0. The molecule has 1 aliphatic rings. The topological polar surface area (TPSA) is 83.5 Å². The number of nitrogens with zero attached hydrogens (tertiary/aromatic N) is 4. The van der Waals surface area contributed by atoms with Crippen molar-refractivity contribution in [1.82, 2.24) is 18.0 Å². The van der Waals surface area contributed by atoms with Crippen LogP contribution in [-0.4, -0.2) is 58.0 Å². The molecule has 1 fully saturated rings. The number of unbranched alkanes of at least 4 members (excludes halogenated alkanes) is 2. The number of carbonyl (C=O) groups is 1. The van der Waals surface area contributed by atoms with Crippen LogP contribution in [0.4, 0.5) is 0 Å². The number of sulfonamides is 1. The van der Waals surface area contributed by atoms with Crippen molar-refractivity contribution in [2.24, 2.45) is 0 Å². The van der Waals surface area contributed by atoms with E-state index in [1.807, 2.05) is 4.90 Å². The summed E-state index contributed by atoms with van der Waals surface area (Å²) in [4.78, 5) is 15.3. The number of aromatic nitrogens is 2. The first-order valence-corrected chi connectivity index (χ1v) is 12.2. The van der Waals surface area contributed by atoms with Crippen LogP contribution in [0.3, 0.4) is 0 Å². The van der Waals surface area contributed by atoms with E-state index < -0.39 is 16.1 Å². The molecule has 1 amide bonds. The third-order valence-corrected chi connectivity index (χ3v) is 7.68. The zero-order valence-corrected chi connectivity index (χ0v) is 18.1. The summed E-state index contributed by atoms with van der Waals surface area (Å²) in [6, 6.07) is 4.37. The Balaban J connectivity index is 1.88. The van der Waals surface area contributed by atoms with Gasteiger partial charge in [0.1, 0.15) is 22.0 Å². The van der Waals surface area contributed by atoms with E-state index in [1.165, 1.54) is 4.31 Å². The van der Waals surface area contributed by atoms with Crippen molar-refractivity contribution in [3.63, 3.8) is 0 Å². The van der Waals surface area contributed by atoms with Crippen LogP contribution in [0.15, 0.2) is 23.1 Å². The number of hydrogen-bond donors (Lipinski definition) is 0. The fourth-order valence-electron chi connectivity index (χ4n) is 3.63. The van der Waals surface area contributed by atoms with E-state index >= 15 is 0 Å². The van der Waals surface area contributed by atoms with Gasteiger partial charge in [-0.3, -0.25) is 4.79 Å². The largest absolute Gasteiger partial charge is 0.341 e. The van der Waals surface area contributed by atoms with Gasteiger partial charge in [-0.15, -0.1) is 0 Å². The summed E-state index contributed by atoms with van der Waals surface area (Å²) in [6.45, 7) is 5.92. The van der Waals surface area contributed by atoms with Crippen molar-refractivity contribution in [1.29, 1.82) is 0 Å². The summed E-state index contributed by atoms with van der Waals surface area (Å²) in [5, 5.41) is 0. The Kier molecular flexibility index (Phi) is 7.00. The second-order valence-corrected chi connectivity index (χ2v) is 9.58. The predicted octanol–water partition coefficient (Wildman–Crippen LogP) is 3.27. The number of carbonyl (C=O) groups excluding carboxylic acids is 1. The van der Waals surface area contributed by atoms with Crippen LogP contribution in [0.25, 0.3) is 11.0 Å². The zero-order valence-electron chi connectivity index (χ0n) is 16.5. The lowest BCUT2D eigenvalue weighted by Gasteiger charge is -2.30. The quantitative estimate of drug-likeness (QED) is 0.617. The number of rotatable bonds is 9. The standard InChI is InChI=1S/C19H28N4O3S2/c1-3-5-12-22(13-6-4-2)19(24)16-10-8-14-23(16)28(25,26)17-11-7-9-15-18(17)21-27-20-15/h7,9,11,16H,3-6,8,10,12-14H2,1-2H3/t16-/m0/s1. The van der Waals surface area contributed by atoms with Crippen LogP contribution < -0.4 is 0 Å². The molecule has 2 heterocycles. The number of fused-ring (bicyclic) bond motifs is 1. The molecule has 7 nitrogen and oxygen atoms in total. The molecule has 154 valence electrons. The molecule has 1 saturated heterocycles. The monoisotopic (exact) mass is 424 g/mol. The second-order valence-electron chi connectivity index (χ2n) is 7.19. The summed E-state index contributed by atoms with van der Waals surface area (Å²) in [6.07, 6.45) is 5.12. The number of amides is 1. The SMILES string of the molecule is CCCCN(CCCC)C(=O)[C@@H]1CCCN1S(=O)(=O)c1cccc2nsnc12. The maximum Gasteiger partial charge on any atom is 0.246 e. The Labute approximate surface area is 171 Å². The molecule has 0 unspecified atom stereocenters.